The van der Waals surface area contributed by atoms with Crippen molar-refractivity contribution in [1.29, 1.82) is 0 Å². The van der Waals surface area contributed by atoms with Gasteiger partial charge in [-0.1, -0.05) is 5.16 Å². The first-order valence-corrected chi connectivity index (χ1v) is 7.94. The maximum Gasteiger partial charge on any atom is 0.241 e. The first kappa shape index (κ1) is 15.1. The zero-order valence-electron chi connectivity index (χ0n) is 13.5. The van der Waals surface area contributed by atoms with E-state index in [4.69, 9.17) is 13.7 Å². The smallest absolute Gasteiger partial charge is 0.241 e. The van der Waals surface area contributed by atoms with Gasteiger partial charge in [0.05, 0.1) is 43.8 Å². The summed E-state index contributed by atoms with van der Waals surface area (Å²) in [5, 5.41) is 8.31. The molecule has 0 spiro atoms. The Morgan fingerprint density at radius 2 is 2.33 bits per heavy atom. The van der Waals surface area contributed by atoms with Crippen LogP contribution in [-0.4, -0.2) is 50.6 Å². The van der Waals surface area contributed by atoms with E-state index < -0.39 is 0 Å². The quantitative estimate of drug-likeness (QED) is 0.705. The number of furan rings is 1. The predicted octanol–water partition coefficient (Wildman–Crippen LogP) is 1.74. The molecule has 8 heteroatoms. The minimum atomic E-state index is 0.106. The van der Waals surface area contributed by atoms with E-state index in [9.17, 15) is 0 Å². The Morgan fingerprint density at radius 1 is 1.38 bits per heavy atom. The van der Waals surface area contributed by atoms with Gasteiger partial charge in [0.15, 0.2) is 0 Å². The van der Waals surface area contributed by atoms with Gasteiger partial charge in [0, 0.05) is 19.3 Å². The summed E-state index contributed by atoms with van der Waals surface area (Å²) in [7, 11) is 0. The van der Waals surface area contributed by atoms with Crippen molar-refractivity contribution in [2.75, 3.05) is 19.7 Å². The molecule has 4 rings (SSSR count). The Kier molecular flexibility index (Phi) is 4.14. The number of rotatable bonds is 5. The average molecular weight is 329 g/mol. The number of hydrogen-bond acceptors (Lipinski definition) is 7. The minimum absolute atomic E-state index is 0.106. The zero-order valence-corrected chi connectivity index (χ0v) is 13.5. The van der Waals surface area contributed by atoms with Crippen LogP contribution in [0.4, 0.5) is 0 Å². The Labute approximate surface area is 139 Å². The van der Waals surface area contributed by atoms with Crippen molar-refractivity contribution in [2.45, 2.75) is 26.1 Å². The van der Waals surface area contributed by atoms with Crippen molar-refractivity contribution in [3.05, 3.63) is 42.4 Å². The van der Waals surface area contributed by atoms with E-state index in [2.05, 4.69) is 20.1 Å². The summed E-state index contributed by atoms with van der Waals surface area (Å²) in [6.45, 7) is 5.73. The van der Waals surface area contributed by atoms with E-state index in [-0.39, 0.29) is 6.10 Å². The molecule has 24 heavy (non-hydrogen) atoms. The number of aryl methyl sites for hydroxylation is 1. The third-order valence-electron chi connectivity index (χ3n) is 3.98. The van der Waals surface area contributed by atoms with Crippen LogP contribution in [0.5, 0.6) is 0 Å². The molecule has 0 N–H and O–H groups in total. The van der Waals surface area contributed by atoms with Gasteiger partial charge in [-0.2, -0.15) is 10.1 Å². The number of nitrogens with zero attached hydrogens (tertiary/aromatic N) is 5. The van der Waals surface area contributed by atoms with Gasteiger partial charge in [0.1, 0.15) is 6.26 Å². The molecule has 3 aromatic rings. The molecule has 0 saturated carbocycles. The predicted molar refractivity (Wildman–Crippen MR) is 84.0 cm³/mol. The van der Waals surface area contributed by atoms with Gasteiger partial charge in [-0.3, -0.25) is 9.58 Å². The second-order valence-corrected chi connectivity index (χ2v) is 5.99. The molecule has 3 aromatic heterocycles. The maximum absolute atomic E-state index is 5.84. The summed E-state index contributed by atoms with van der Waals surface area (Å²) in [6.07, 6.45) is 7.18. The Balaban J connectivity index is 1.36. The van der Waals surface area contributed by atoms with Crippen LogP contribution in [-0.2, 0) is 17.8 Å². The normalized spacial score (nSPS) is 19.0. The lowest BCUT2D eigenvalue weighted by Gasteiger charge is -2.31. The van der Waals surface area contributed by atoms with Crippen molar-refractivity contribution in [1.82, 2.24) is 24.8 Å². The van der Waals surface area contributed by atoms with Gasteiger partial charge in [0.25, 0.3) is 0 Å². The van der Waals surface area contributed by atoms with Crippen LogP contribution in [0, 0.1) is 6.92 Å². The summed E-state index contributed by atoms with van der Waals surface area (Å²) in [5.74, 6) is 1.15. The average Bonchev–Trinajstić information content (AvgIpc) is 3.29. The Bertz CT molecular complexity index is 779. The first-order chi connectivity index (χ1) is 11.8. The largest absolute Gasteiger partial charge is 0.472 e. The van der Waals surface area contributed by atoms with E-state index >= 15 is 0 Å². The van der Waals surface area contributed by atoms with Crippen molar-refractivity contribution >= 4 is 0 Å². The van der Waals surface area contributed by atoms with Crippen molar-refractivity contribution < 1.29 is 13.7 Å². The lowest BCUT2D eigenvalue weighted by Crippen LogP contribution is -2.43. The topological polar surface area (TPSA) is 82.4 Å². The molecule has 1 saturated heterocycles. The van der Waals surface area contributed by atoms with E-state index in [0.717, 1.165) is 30.8 Å². The molecule has 0 bridgehead atoms. The van der Waals surface area contributed by atoms with Gasteiger partial charge in [0.2, 0.25) is 11.7 Å². The summed E-state index contributed by atoms with van der Waals surface area (Å²) in [5.41, 5.74) is 1.97. The second-order valence-electron chi connectivity index (χ2n) is 5.99. The molecular weight excluding hydrogens is 310 g/mol. The number of aromatic nitrogens is 4. The molecular formula is C16H19N5O3. The van der Waals surface area contributed by atoms with Crippen LogP contribution in [0.3, 0.4) is 0 Å². The second kappa shape index (κ2) is 6.58. The highest BCUT2D eigenvalue weighted by Crippen LogP contribution is 2.17. The molecule has 1 fully saturated rings. The van der Waals surface area contributed by atoms with E-state index in [1.165, 1.54) is 0 Å². The molecule has 0 radical (unpaired) electrons. The molecule has 1 aliphatic rings. The van der Waals surface area contributed by atoms with Crippen LogP contribution in [0.2, 0.25) is 0 Å². The number of hydrogen-bond donors (Lipinski definition) is 0. The summed E-state index contributed by atoms with van der Waals surface area (Å²) < 4.78 is 18.2. The molecule has 4 heterocycles. The van der Waals surface area contributed by atoms with Crippen LogP contribution in [0.25, 0.3) is 11.4 Å². The maximum atomic E-state index is 5.84. The van der Waals surface area contributed by atoms with Gasteiger partial charge < -0.3 is 13.7 Å². The third-order valence-corrected chi connectivity index (χ3v) is 3.98. The van der Waals surface area contributed by atoms with Crippen LogP contribution in [0.1, 0.15) is 11.5 Å². The molecule has 126 valence electrons. The summed E-state index contributed by atoms with van der Waals surface area (Å²) in [6, 6.07) is 1.81. The molecule has 0 amide bonds. The third kappa shape index (κ3) is 3.39. The van der Waals surface area contributed by atoms with E-state index in [0.29, 0.717) is 24.9 Å². The Morgan fingerprint density at radius 3 is 3.12 bits per heavy atom. The fourth-order valence-corrected chi connectivity index (χ4v) is 2.83. The van der Waals surface area contributed by atoms with Crippen LogP contribution < -0.4 is 0 Å². The highest BCUT2D eigenvalue weighted by atomic mass is 16.5. The lowest BCUT2D eigenvalue weighted by atomic mass is 10.2. The minimum Gasteiger partial charge on any atom is -0.472 e. The fraction of sp³-hybridized carbons (Fsp3) is 0.438. The highest BCUT2D eigenvalue weighted by molar-refractivity contribution is 5.51. The lowest BCUT2D eigenvalue weighted by molar-refractivity contribution is -0.0426. The molecule has 1 atom stereocenters. The SMILES string of the molecule is Cc1cnn(C[C@H]2CN(Cc3nc(-c4ccoc4)no3)CCO2)c1. The molecule has 0 aromatic carbocycles. The van der Waals surface area contributed by atoms with Gasteiger partial charge in [-0.15, -0.1) is 0 Å². The van der Waals surface area contributed by atoms with Gasteiger partial charge in [-0.05, 0) is 18.6 Å². The zero-order chi connectivity index (χ0) is 16.4. The van der Waals surface area contributed by atoms with Crippen molar-refractivity contribution in [2.24, 2.45) is 0 Å². The monoisotopic (exact) mass is 329 g/mol. The van der Waals surface area contributed by atoms with Gasteiger partial charge in [-0.25, -0.2) is 0 Å². The fourth-order valence-electron chi connectivity index (χ4n) is 2.83. The summed E-state index contributed by atoms with van der Waals surface area (Å²) in [4.78, 5) is 6.68. The molecule has 0 unspecified atom stereocenters. The standard InChI is InChI=1S/C16H19N5O3/c1-12-6-17-21(7-12)9-14-8-20(3-5-23-14)10-15-18-16(19-24-15)13-2-4-22-11-13/h2,4,6-7,11,14H,3,5,8-10H2,1H3/t14-/m1/s1. The summed E-state index contributed by atoms with van der Waals surface area (Å²) >= 11 is 0. The molecule has 1 aliphatic heterocycles. The van der Waals surface area contributed by atoms with Crippen molar-refractivity contribution in [3.63, 3.8) is 0 Å². The van der Waals surface area contributed by atoms with Crippen LogP contribution in [0.15, 0.2) is 39.9 Å². The first-order valence-electron chi connectivity index (χ1n) is 7.94. The Hall–Kier alpha value is -2.45. The molecule has 8 nitrogen and oxygen atoms in total. The van der Waals surface area contributed by atoms with E-state index in [1.807, 2.05) is 30.1 Å². The number of morpholine rings is 1. The van der Waals surface area contributed by atoms with Crippen molar-refractivity contribution in [3.8, 4) is 11.4 Å². The van der Waals surface area contributed by atoms with Crippen LogP contribution >= 0.6 is 0 Å². The van der Waals surface area contributed by atoms with E-state index in [1.54, 1.807) is 12.5 Å². The highest BCUT2D eigenvalue weighted by Gasteiger charge is 2.23. The van der Waals surface area contributed by atoms with Gasteiger partial charge >= 0.3 is 0 Å². The number of ether oxygens (including phenoxy) is 1. The molecule has 0 aliphatic carbocycles.